The summed E-state index contributed by atoms with van der Waals surface area (Å²) in [4.78, 5) is 1.23. The molecule has 0 radical (unpaired) electrons. The molecular formula is C47H39BrI2NO2PS. The van der Waals surface area contributed by atoms with Crippen molar-refractivity contribution < 1.29 is 8.39 Å². The Hall–Kier alpha value is -2.79. The van der Waals surface area contributed by atoms with Gasteiger partial charge in [0.2, 0.25) is 0 Å². The standard InChI is InChI=1S/C47H39BrI2NO2PS/c48-36-24-26-37(27-25-36)55-47(33-18-8-3-9-19-33)44(32-16-6-2-7-17-32)51(30-31-14-4-1-5-15-31)54-52-45-40(49)28-34-20-10-12-22-38(34)42(45)43-39-23-13-11-21-35(39)29-41(50)46(43)53-54/h2-3,6-13,16-29,31,44,47H,1,4-5,14-15,30H2. The third-order valence-electron chi connectivity index (χ3n) is 10.8. The van der Waals surface area contributed by atoms with Crippen LogP contribution in [0.2, 0.25) is 0 Å². The summed E-state index contributed by atoms with van der Waals surface area (Å²) in [6.45, 7) is 0.883. The molecule has 0 N–H and O–H groups in total. The third-order valence-corrected chi connectivity index (χ3v) is 15.8. The lowest BCUT2D eigenvalue weighted by molar-refractivity contribution is 0.351. The van der Waals surface area contributed by atoms with Crippen molar-refractivity contribution >= 4 is 125 Å². The van der Waals surface area contributed by atoms with Crippen molar-refractivity contribution in [3.63, 3.8) is 0 Å². The molecule has 276 valence electrons. The molecule has 1 fully saturated rings. The van der Waals surface area contributed by atoms with Gasteiger partial charge in [-0.3, -0.25) is 0 Å². The molecule has 1 saturated carbocycles. The van der Waals surface area contributed by atoms with Crippen LogP contribution in [0.15, 0.2) is 163 Å². The molecular weight excluding hydrogens is 1010 g/mol. The van der Waals surface area contributed by atoms with E-state index in [-0.39, 0.29) is 11.3 Å². The first kappa shape index (κ1) is 37.8. The van der Waals surface area contributed by atoms with Crippen molar-refractivity contribution in [2.45, 2.75) is 48.3 Å². The van der Waals surface area contributed by atoms with E-state index in [9.17, 15) is 0 Å². The monoisotopic (exact) mass is 1040 g/mol. The number of fused-ring (bicyclic) bond motifs is 7. The first-order valence-corrected chi connectivity index (χ1v) is 23.9. The largest absolute Gasteiger partial charge is 0.407 e. The Balaban J connectivity index is 1.38. The molecule has 9 rings (SSSR count). The van der Waals surface area contributed by atoms with Crippen LogP contribution in [0.5, 0.6) is 0 Å². The van der Waals surface area contributed by atoms with Crippen LogP contribution >= 0.6 is 81.0 Å². The van der Waals surface area contributed by atoms with Crippen molar-refractivity contribution in [3.05, 3.63) is 168 Å². The molecule has 8 heteroatoms. The summed E-state index contributed by atoms with van der Waals surface area (Å²) in [5.74, 6) is 0.539. The van der Waals surface area contributed by atoms with E-state index in [0.29, 0.717) is 5.92 Å². The smallest absolute Gasteiger partial charge is 0.310 e. The first-order valence-electron chi connectivity index (χ1n) is 18.9. The van der Waals surface area contributed by atoms with Gasteiger partial charge in [-0.1, -0.05) is 144 Å². The molecule has 3 nitrogen and oxygen atoms in total. The fourth-order valence-electron chi connectivity index (χ4n) is 8.23. The highest BCUT2D eigenvalue weighted by Gasteiger charge is 2.37. The van der Waals surface area contributed by atoms with Crippen LogP contribution in [0.25, 0.3) is 43.5 Å². The minimum atomic E-state index is -1.67. The van der Waals surface area contributed by atoms with Crippen LogP contribution in [0, 0.1) is 13.1 Å². The fraction of sp³-hybridized carbons (Fsp3) is 0.191. The maximum Gasteiger partial charge on any atom is 0.310 e. The topological polar surface area (TPSA) is 29.5 Å². The number of hydrogen-bond acceptors (Lipinski definition) is 4. The molecule has 2 atom stereocenters. The SMILES string of the molecule is Brc1ccc(SC(c2ccccc2)C(c2ccccc2)N(CC2CCCCC2)p2oc3c(I)cc4ccccc4c3c3c(o2)c(I)cc2ccccc23)cc1. The van der Waals surface area contributed by atoms with E-state index in [2.05, 4.69) is 211 Å². The predicted molar refractivity (Wildman–Crippen MR) is 255 cm³/mol. The number of hydrogen-bond donors (Lipinski definition) is 0. The van der Waals surface area contributed by atoms with E-state index >= 15 is 0 Å². The average molecular weight is 1050 g/mol. The normalized spacial score (nSPS) is 14.9. The molecule has 7 aromatic carbocycles. The second kappa shape index (κ2) is 17.0. The second-order valence-corrected chi connectivity index (χ2v) is 20.2. The zero-order valence-corrected chi connectivity index (χ0v) is 37.7. The summed E-state index contributed by atoms with van der Waals surface area (Å²) >= 11 is 10.6. The average Bonchev–Trinajstić information content (AvgIpc) is 3.41. The summed E-state index contributed by atoms with van der Waals surface area (Å²) in [7, 11) is -1.67. The van der Waals surface area contributed by atoms with Gasteiger partial charge in [0.1, 0.15) is 0 Å². The van der Waals surface area contributed by atoms with E-state index in [0.717, 1.165) is 40.1 Å². The Kier molecular flexibility index (Phi) is 11.7. The van der Waals surface area contributed by atoms with Gasteiger partial charge in [0.15, 0.2) is 11.2 Å². The molecule has 1 heterocycles. The number of thioether (sulfide) groups is 1. The molecule has 8 aromatic rings. The quantitative estimate of drug-likeness (QED) is 0.106. The summed E-state index contributed by atoms with van der Waals surface area (Å²) in [5, 5.41) is 7.04. The van der Waals surface area contributed by atoms with Gasteiger partial charge in [0.05, 0.1) is 18.4 Å². The molecule has 1 aromatic heterocycles. The summed E-state index contributed by atoms with van der Waals surface area (Å²) < 4.78 is 21.1. The summed E-state index contributed by atoms with van der Waals surface area (Å²) in [6, 6.07) is 52.9. The molecule has 1 aliphatic rings. The van der Waals surface area contributed by atoms with Gasteiger partial charge in [-0.15, -0.1) is 11.8 Å². The Morgan fingerprint density at radius 3 is 1.71 bits per heavy atom. The van der Waals surface area contributed by atoms with Gasteiger partial charge in [-0.05, 0) is 133 Å². The van der Waals surface area contributed by atoms with Crippen LogP contribution < -0.4 is 4.67 Å². The van der Waals surface area contributed by atoms with Crippen LogP contribution in [0.3, 0.4) is 0 Å². The van der Waals surface area contributed by atoms with E-state index in [1.54, 1.807) is 0 Å². The van der Waals surface area contributed by atoms with Gasteiger partial charge in [0.25, 0.3) is 0 Å². The van der Waals surface area contributed by atoms with Crippen LogP contribution in [0.4, 0.5) is 0 Å². The highest BCUT2D eigenvalue weighted by molar-refractivity contribution is 14.1. The molecule has 0 bridgehead atoms. The molecule has 55 heavy (non-hydrogen) atoms. The zero-order chi connectivity index (χ0) is 37.3. The van der Waals surface area contributed by atoms with E-state index in [1.165, 1.54) is 69.7 Å². The number of rotatable bonds is 9. The fourth-order valence-corrected chi connectivity index (χ4v) is 13.4. The molecule has 1 aliphatic carbocycles. The lowest BCUT2D eigenvalue weighted by Crippen LogP contribution is -2.34. The van der Waals surface area contributed by atoms with E-state index in [1.807, 2.05) is 11.8 Å². The molecule has 0 saturated heterocycles. The number of benzene rings is 7. The first-order chi connectivity index (χ1) is 27.0. The van der Waals surface area contributed by atoms with Gasteiger partial charge in [-0.25, -0.2) is 0 Å². The van der Waals surface area contributed by atoms with Crippen LogP contribution in [0.1, 0.15) is 54.5 Å². The molecule has 0 amide bonds. The van der Waals surface area contributed by atoms with Crippen LogP contribution in [-0.2, 0) is 0 Å². The van der Waals surface area contributed by atoms with Crippen molar-refractivity contribution in [2.75, 3.05) is 11.2 Å². The van der Waals surface area contributed by atoms with E-state index < -0.39 is 8.16 Å². The Morgan fingerprint density at radius 2 is 1.15 bits per heavy atom. The van der Waals surface area contributed by atoms with E-state index in [4.69, 9.17) is 8.39 Å². The molecule has 2 unspecified atom stereocenters. The summed E-state index contributed by atoms with van der Waals surface area (Å²) in [5.41, 5.74) is 4.37. The minimum absolute atomic E-state index is 0.0385. The maximum atomic E-state index is 7.58. The van der Waals surface area contributed by atoms with Crippen LogP contribution in [-0.4, -0.2) is 6.54 Å². The van der Waals surface area contributed by atoms with Crippen molar-refractivity contribution in [3.8, 4) is 0 Å². The Labute approximate surface area is 363 Å². The maximum absolute atomic E-state index is 7.58. The number of halogens is 3. The lowest BCUT2D eigenvalue weighted by atomic mass is 9.88. The highest BCUT2D eigenvalue weighted by Crippen LogP contribution is 2.53. The summed E-state index contributed by atoms with van der Waals surface area (Å²) in [6.07, 6.45) is 6.28. The van der Waals surface area contributed by atoms with Crippen molar-refractivity contribution in [2.24, 2.45) is 5.92 Å². The Morgan fingerprint density at radius 1 is 0.636 bits per heavy atom. The van der Waals surface area contributed by atoms with Crippen molar-refractivity contribution in [1.29, 1.82) is 0 Å². The third kappa shape index (κ3) is 7.91. The van der Waals surface area contributed by atoms with Gasteiger partial charge < -0.3 is 8.39 Å². The lowest BCUT2D eigenvalue weighted by Gasteiger charge is -2.37. The highest BCUT2D eigenvalue weighted by atomic mass is 127. The van der Waals surface area contributed by atoms with Gasteiger partial charge in [0, 0.05) is 26.7 Å². The Bertz CT molecular complexity index is 2550. The van der Waals surface area contributed by atoms with Gasteiger partial charge >= 0.3 is 8.16 Å². The van der Waals surface area contributed by atoms with Gasteiger partial charge in [-0.2, -0.15) is 4.67 Å². The molecule has 0 spiro atoms. The zero-order valence-electron chi connectivity index (χ0n) is 30.1. The second-order valence-electron chi connectivity index (χ2n) is 14.4. The predicted octanol–water partition coefficient (Wildman–Crippen LogP) is 16.4. The molecule has 0 aliphatic heterocycles. The van der Waals surface area contributed by atoms with Crippen molar-refractivity contribution in [1.82, 2.24) is 0 Å². The number of nitrogens with zero attached hydrogens (tertiary/aromatic N) is 1. The minimum Gasteiger partial charge on any atom is -0.407 e.